The summed E-state index contributed by atoms with van der Waals surface area (Å²) in [5, 5.41) is 2.90. The number of rotatable bonds is 3. The number of carbonyl (C=O) groups excluding carboxylic acids is 1. The third-order valence-electron chi connectivity index (χ3n) is 5.86. The van der Waals surface area contributed by atoms with Crippen molar-refractivity contribution >= 4 is 5.91 Å². The summed E-state index contributed by atoms with van der Waals surface area (Å²) in [7, 11) is 0. The van der Waals surface area contributed by atoms with Crippen LogP contribution in [0.15, 0.2) is 24.3 Å². The minimum Gasteiger partial charge on any atom is -0.349 e. The summed E-state index contributed by atoms with van der Waals surface area (Å²) >= 11 is 0. The maximum absolute atomic E-state index is 12.9. The first kappa shape index (κ1) is 18.2. The van der Waals surface area contributed by atoms with E-state index in [1.807, 2.05) is 0 Å². The van der Waals surface area contributed by atoms with Crippen LogP contribution in [0.1, 0.15) is 56.2 Å². The molecule has 0 aliphatic heterocycles. The number of fused-ring (bicyclic) bond motifs is 2. The van der Waals surface area contributed by atoms with E-state index in [0.29, 0.717) is 17.4 Å². The molecular weight excluding hydrogens is 329 g/mol. The van der Waals surface area contributed by atoms with Crippen molar-refractivity contribution < 1.29 is 18.0 Å². The molecule has 2 aliphatic carbocycles. The molecule has 2 aliphatic rings. The van der Waals surface area contributed by atoms with Gasteiger partial charge in [-0.1, -0.05) is 18.6 Å². The van der Waals surface area contributed by atoms with Gasteiger partial charge in [0.05, 0.1) is 11.6 Å². The van der Waals surface area contributed by atoms with Gasteiger partial charge in [0.25, 0.3) is 0 Å². The molecule has 3 atom stereocenters. The molecule has 3 N–H and O–H groups in total. The van der Waals surface area contributed by atoms with Gasteiger partial charge in [-0.25, -0.2) is 0 Å². The number of nitrogens with two attached hydrogens (primary N) is 1. The first-order chi connectivity index (χ1) is 11.8. The van der Waals surface area contributed by atoms with Crippen molar-refractivity contribution in [2.45, 2.75) is 57.3 Å². The number of carbonyl (C=O) groups is 1. The van der Waals surface area contributed by atoms with E-state index in [2.05, 4.69) is 5.32 Å². The maximum atomic E-state index is 12.9. The third-order valence-corrected chi connectivity index (χ3v) is 5.86. The van der Waals surface area contributed by atoms with Crippen LogP contribution in [0.5, 0.6) is 0 Å². The van der Waals surface area contributed by atoms with Crippen LogP contribution in [-0.4, -0.2) is 11.9 Å². The van der Waals surface area contributed by atoms with E-state index in [-0.39, 0.29) is 17.9 Å². The SMILES string of the molecule is CC(NC(=O)C1CC2CCCC(C1)C2N)c1cccc(C(F)(F)F)c1. The van der Waals surface area contributed by atoms with Crippen LogP contribution in [0, 0.1) is 17.8 Å². The van der Waals surface area contributed by atoms with Gasteiger partial charge in [0.1, 0.15) is 0 Å². The quantitative estimate of drug-likeness (QED) is 0.861. The Labute approximate surface area is 146 Å². The summed E-state index contributed by atoms with van der Waals surface area (Å²) in [4.78, 5) is 12.6. The normalized spacial score (nSPS) is 30.6. The largest absolute Gasteiger partial charge is 0.416 e. The van der Waals surface area contributed by atoms with Gasteiger partial charge >= 0.3 is 6.18 Å². The van der Waals surface area contributed by atoms with Crippen LogP contribution in [0.2, 0.25) is 0 Å². The van der Waals surface area contributed by atoms with E-state index in [1.165, 1.54) is 12.5 Å². The van der Waals surface area contributed by atoms with Crippen molar-refractivity contribution in [3.63, 3.8) is 0 Å². The van der Waals surface area contributed by atoms with Gasteiger partial charge in [0.2, 0.25) is 5.91 Å². The fourth-order valence-corrected chi connectivity index (χ4v) is 4.40. The van der Waals surface area contributed by atoms with Gasteiger partial charge in [0, 0.05) is 12.0 Å². The molecule has 25 heavy (non-hydrogen) atoms. The number of alkyl halides is 3. The Morgan fingerprint density at radius 1 is 1.24 bits per heavy atom. The third kappa shape index (κ3) is 4.00. The summed E-state index contributed by atoms with van der Waals surface area (Å²) in [5.41, 5.74) is 6.04. The zero-order valence-electron chi connectivity index (χ0n) is 14.4. The molecule has 3 rings (SSSR count). The van der Waals surface area contributed by atoms with Crippen molar-refractivity contribution in [2.75, 3.05) is 0 Å². The molecule has 1 aromatic rings. The number of benzene rings is 1. The Bertz CT molecular complexity index is 617. The lowest BCUT2D eigenvalue weighted by atomic mass is 9.65. The molecule has 2 fully saturated rings. The Morgan fingerprint density at radius 3 is 2.48 bits per heavy atom. The number of hydrogen-bond donors (Lipinski definition) is 2. The highest BCUT2D eigenvalue weighted by atomic mass is 19.4. The minimum absolute atomic E-state index is 0.0614. The lowest BCUT2D eigenvalue weighted by Gasteiger charge is -2.43. The van der Waals surface area contributed by atoms with Crippen molar-refractivity contribution in [1.29, 1.82) is 0 Å². The zero-order valence-corrected chi connectivity index (χ0v) is 14.4. The summed E-state index contributed by atoms with van der Waals surface area (Å²) < 4.78 is 38.6. The van der Waals surface area contributed by atoms with Crippen LogP contribution >= 0.6 is 0 Å². The van der Waals surface area contributed by atoms with Crippen LogP contribution in [0.25, 0.3) is 0 Å². The fraction of sp³-hybridized carbons (Fsp3) is 0.632. The van der Waals surface area contributed by atoms with Gasteiger partial charge in [0.15, 0.2) is 0 Å². The molecule has 2 bridgehead atoms. The van der Waals surface area contributed by atoms with Gasteiger partial charge in [-0.15, -0.1) is 0 Å². The second-order valence-corrected chi connectivity index (χ2v) is 7.55. The Morgan fingerprint density at radius 2 is 1.88 bits per heavy atom. The second-order valence-electron chi connectivity index (χ2n) is 7.55. The van der Waals surface area contributed by atoms with Crippen LogP contribution in [0.3, 0.4) is 0 Å². The molecule has 3 nitrogen and oxygen atoms in total. The van der Waals surface area contributed by atoms with Crippen molar-refractivity contribution in [3.8, 4) is 0 Å². The first-order valence-electron chi connectivity index (χ1n) is 8.99. The molecule has 0 spiro atoms. The van der Waals surface area contributed by atoms with Crippen LogP contribution in [-0.2, 0) is 11.0 Å². The molecule has 6 heteroatoms. The Balaban J connectivity index is 1.65. The Hall–Kier alpha value is -1.56. The first-order valence-corrected chi connectivity index (χ1v) is 8.99. The zero-order chi connectivity index (χ0) is 18.2. The van der Waals surface area contributed by atoms with Crippen molar-refractivity contribution in [3.05, 3.63) is 35.4 Å². The fourth-order valence-electron chi connectivity index (χ4n) is 4.40. The number of amides is 1. The summed E-state index contributed by atoms with van der Waals surface area (Å²) in [6, 6.07) is 4.89. The highest BCUT2D eigenvalue weighted by Gasteiger charge is 2.40. The monoisotopic (exact) mass is 354 g/mol. The summed E-state index contributed by atoms with van der Waals surface area (Å²) in [6.07, 6.45) is 0.529. The molecule has 138 valence electrons. The van der Waals surface area contributed by atoms with E-state index in [1.54, 1.807) is 13.0 Å². The van der Waals surface area contributed by atoms with Gasteiger partial charge in [-0.2, -0.15) is 13.2 Å². The maximum Gasteiger partial charge on any atom is 0.416 e. The molecule has 1 aromatic carbocycles. The topological polar surface area (TPSA) is 55.1 Å². The highest BCUT2D eigenvalue weighted by Crippen LogP contribution is 2.42. The summed E-state index contributed by atoms with van der Waals surface area (Å²) in [5.74, 6) is 0.649. The number of nitrogens with one attached hydrogen (secondary N) is 1. The second kappa shape index (κ2) is 6.98. The molecule has 1 amide bonds. The van der Waals surface area contributed by atoms with Gasteiger partial charge < -0.3 is 11.1 Å². The van der Waals surface area contributed by atoms with Gasteiger partial charge in [-0.3, -0.25) is 4.79 Å². The smallest absolute Gasteiger partial charge is 0.349 e. The standard InChI is InChI=1S/C19H25F3N2O/c1-11(12-4-3-7-16(10-12)19(20,21)22)24-18(25)15-8-13-5-2-6-14(9-15)17(13)23/h3-4,7,10-11,13-15,17H,2,5-6,8-9,23H2,1H3,(H,24,25). The van der Waals surface area contributed by atoms with E-state index in [4.69, 9.17) is 5.73 Å². The van der Waals surface area contributed by atoms with Gasteiger partial charge in [-0.05, 0) is 62.1 Å². The van der Waals surface area contributed by atoms with Crippen LogP contribution in [0.4, 0.5) is 13.2 Å². The molecule has 0 saturated heterocycles. The van der Waals surface area contributed by atoms with E-state index >= 15 is 0 Å². The molecule has 3 unspecified atom stereocenters. The molecule has 0 heterocycles. The Kier molecular flexibility index (Phi) is 5.09. The van der Waals surface area contributed by atoms with Crippen molar-refractivity contribution in [1.82, 2.24) is 5.32 Å². The van der Waals surface area contributed by atoms with Crippen LogP contribution < -0.4 is 11.1 Å². The average molecular weight is 354 g/mol. The average Bonchev–Trinajstić information content (AvgIpc) is 2.53. The summed E-state index contributed by atoms with van der Waals surface area (Å²) in [6.45, 7) is 1.72. The lowest BCUT2D eigenvalue weighted by Crippen LogP contribution is -2.49. The minimum atomic E-state index is -4.38. The highest BCUT2D eigenvalue weighted by molar-refractivity contribution is 5.79. The predicted octanol–water partition coefficient (Wildman–Crippen LogP) is 4.04. The van der Waals surface area contributed by atoms with E-state index < -0.39 is 17.8 Å². The van der Waals surface area contributed by atoms with Crippen molar-refractivity contribution in [2.24, 2.45) is 23.5 Å². The van der Waals surface area contributed by atoms with E-state index in [0.717, 1.165) is 37.8 Å². The van der Waals surface area contributed by atoms with E-state index in [9.17, 15) is 18.0 Å². The molecule has 0 radical (unpaired) electrons. The molecule has 2 saturated carbocycles. The predicted molar refractivity (Wildman–Crippen MR) is 89.5 cm³/mol. The molecular formula is C19H25F3N2O. The number of halogens is 3. The molecule has 0 aromatic heterocycles. The lowest BCUT2D eigenvalue weighted by molar-refractivity contribution is -0.137. The number of hydrogen-bond acceptors (Lipinski definition) is 2.